The van der Waals surface area contributed by atoms with Crippen molar-refractivity contribution >= 4 is 40.6 Å². The topological polar surface area (TPSA) is 82.3 Å². The molecule has 21 heavy (non-hydrogen) atoms. The summed E-state index contributed by atoms with van der Waals surface area (Å²) < 4.78 is 10.6. The van der Waals surface area contributed by atoms with Crippen LogP contribution in [0.15, 0.2) is 18.2 Å². The lowest BCUT2D eigenvalue weighted by molar-refractivity contribution is 0.177. The van der Waals surface area contributed by atoms with Gasteiger partial charge in [-0.1, -0.05) is 34.8 Å². The third-order valence-electron chi connectivity index (χ3n) is 2.36. The van der Waals surface area contributed by atoms with Crippen LogP contribution < -0.4 is 16.0 Å². The fraction of sp³-hybridized carbons (Fsp3) is 0.167. The van der Waals surface area contributed by atoms with Crippen LogP contribution in [0.4, 0.5) is 5.82 Å². The molecule has 112 valence electrons. The molecular weight excluding hydrogens is 339 g/mol. The summed E-state index contributed by atoms with van der Waals surface area (Å²) in [4.78, 5) is 8.28. The molecule has 0 unspecified atom stereocenters. The van der Waals surface area contributed by atoms with E-state index < -0.39 is 0 Å². The Labute approximate surface area is 136 Å². The Balaban J connectivity index is 2.34. The summed E-state index contributed by atoms with van der Waals surface area (Å²) in [5.41, 5.74) is 2.42. The molecule has 2 rings (SSSR count). The Morgan fingerprint density at radius 2 is 1.81 bits per heavy atom. The number of rotatable bonds is 5. The van der Waals surface area contributed by atoms with Gasteiger partial charge in [-0.05, 0) is 6.07 Å². The van der Waals surface area contributed by atoms with Crippen LogP contribution in [0, 0.1) is 0 Å². The third-order valence-corrected chi connectivity index (χ3v) is 3.38. The highest BCUT2D eigenvalue weighted by atomic mass is 35.5. The number of halogens is 3. The first-order chi connectivity index (χ1) is 10.0. The van der Waals surface area contributed by atoms with E-state index in [0.717, 1.165) is 0 Å². The molecule has 0 saturated heterocycles. The van der Waals surface area contributed by atoms with Gasteiger partial charge in [0.05, 0.1) is 15.1 Å². The minimum absolute atomic E-state index is 0.209. The lowest BCUT2D eigenvalue weighted by Crippen LogP contribution is -2.11. The number of methoxy groups -OCH3 is 1. The van der Waals surface area contributed by atoms with Gasteiger partial charge in [-0.2, -0.15) is 4.98 Å². The maximum Gasteiger partial charge on any atom is 0.224 e. The monoisotopic (exact) mass is 348 g/mol. The molecule has 1 heterocycles. The number of anilines is 1. The first-order valence-corrected chi connectivity index (χ1v) is 6.82. The zero-order chi connectivity index (χ0) is 15.4. The van der Waals surface area contributed by atoms with E-state index in [1.165, 1.54) is 25.3 Å². The Morgan fingerprint density at radius 3 is 2.48 bits per heavy atom. The van der Waals surface area contributed by atoms with Gasteiger partial charge in [-0.15, -0.1) is 0 Å². The maximum absolute atomic E-state index is 6.05. The van der Waals surface area contributed by atoms with Crippen molar-refractivity contribution in [2.75, 3.05) is 12.5 Å². The molecule has 9 heteroatoms. The van der Waals surface area contributed by atoms with Gasteiger partial charge in [0, 0.05) is 19.2 Å². The SMILES string of the molecule is COCc1nc(NN)cc(Oc2cc(Cl)c(Cl)cc2Cl)n1. The van der Waals surface area contributed by atoms with E-state index in [1.807, 2.05) is 0 Å². The average Bonchev–Trinajstić information content (AvgIpc) is 2.45. The number of nitrogens with zero attached hydrogens (tertiary/aromatic N) is 2. The Bertz CT molecular complexity index is 655. The van der Waals surface area contributed by atoms with Crippen molar-refractivity contribution in [1.82, 2.24) is 9.97 Å². The summed E-state index contributed by atoms with van der Waals surface area (Å²) in [6, 6.07) is 4.50. The molecule has 3 N–H and O–H groups in total. The second-order valence-electron chi connectivity index (χ2n) is 3.88. The van der Waals surface area contributed by atoms with Crippen molar-refractivity contribution < 1.29 is 9.47 Å². The van der Waals surface area contributed by atoms with E-state index in [2.05, 4.69) is 15.4 Å². The molecule has 0 radical (unpaired) electrons. The van der Waals surface area contributed by atoms with Crippen molar-refractivity contribution in [2.24, 2.45) is 5.84 Å². The molecule has 0 bridgehead atoms. The van der Waals surface area contributed by atoms with Crippen LogP contribution in [-0.4, -0.2) is 17.1 Å². The van der Waals surface area contributed by atoms with Gasteiger partial charge < -0.3 is 14.9 Å². The number of nitrogen functional groups attached to an aromatic ring is 1. The quantitative estimate of drug-likeness (QED) is 0.487. The minimum atomic E-state index is 0.209. The minimum Gasteiger partial charge on any atom is -0.437 e. The van der Waals surface area contributed by atoms with E-state index >= 15 is 0 Å². The summed E-state index contributed by atoms with van der Waals surface area (Å²) >= 11 is 17.8. The number of aromatic nitrogens is 2. The number of benzene rings is 1. The van der Waals surface area contributed by atoms with Gasteiger partial charge in [-0.3, -0.25) is 0 Å². The first kappa shape index (κ1) is 16.1. The number of hydrazine groups is 1. The smallest absolute Gasteiger partial charge is 0.224 e. The Morgan fingerprint density at radius 1 is 1.10 bits per heavy atom. The number of hydrogen-bond acceptors (Lipinski definition) is 6. The predicted octanol–water partition coefficient (Wildman–Crippen LogP) is 3.66. The van der Waals surface area contributed by atoms with Gasteiger partial charge in [0.2, 0.25) is 5.88 Å². The highest BCUT2D eigenvalue weighted by Crippen LogP contribution is 2.36. The largest absolute Gasteiger partial charge is 0.437 e. The second-order valence-corrected chi connectivity index (χ2v) is 5.11. The fourth-order valence-electron chi connectivity index (χ4n) is 1.49. The molecule has 0 amide bonds. The van der Waals surface area contributed by atoms with Crippen LogP contribution in [0.1, 0.15) is 5.82 Å². The second kappa shape index (κ2) is 7.11. The predicted molar refractivity (Wildman–Crippen MR) is 82.1 cm³/mol. The zero-order valence-electron chi connectivity index (χ0n) is 10.9. The van der Waals surface area contributed by atoms with Crippen LogP contribution in [0.25, 0.3) is 0 Å². The van der Waals surface area contributed by atoms with E-state index in [9.17, 15) is 0 Å². The van der Waals surface area contributed by atoms with E-state index in [-0.39, 0.29) is 12.5 Å². The fourth-order valence-corrected chi connectivity index (χ4v) is 2.06. The molecule has 1 aromatic carbocycles. The number of nitrogens with one attached hydrogen (secondary N) is 1. The molecule has 0 aliphatic heterocycles. The van der Waals surface area contributed by atoms with Crippen LogP contribution in [0.3, 0.4) is 0 Å². The Hall–Kier alpha value is -1.31. The van der Waals surface area contributed by atoms with E-state index in [4.69, 9.17) is 50.1 Å². The standard InChI is InChI=1S/C12H11Cl3N4O2/c1-20-5-11-17-10(19-16)4-12(18-11)21-9-3-7(14)6(13)2-8(9)15/h2-4H,5,16H2,1H3,(H,17,18,19). The van der Waals surface area contributed by atoms with Crippen molar-refractivity contribution in [3.8, 4) is 11.6 Å². The van der Waals surface area contributed by atoms with Crippen molar-refractivity contribution in [3.63, 3.8) is 0 Å². The van der Waals surface area contributed by atoms with Crippen molar-refractivity contribution in [2.45, 2.75) is 6.61 Å². The summed E-state index contributed by atoms with van der Waals surface area (Å²) in [6.45, 7) is 0.209. The van der Waals surface area contributed by atoms with Crippen molar-refractivity contribution in [1.29, 1.82) is 0 Å². The molecule has 0 fully saturated rings. The molecule has 2 aromatic rings. The number of ether oxygens (including phenoxy) is 2. The Kier molecular flexibility index (Phi) is 5.44. The third kappa shape index (κ3) is 4.09. The first-order valence-electron chi connectivity index (χ1n) is 5.69. The average molecular weight is 350 g/mol. The molecule has 1 aromatic heterocycles. The van der Waals surface area contributed by atoms with Gasteiger partial charge in [-0.25, -0.2) is 10.8 Å². The highest BCUT2D eigenvalue weighted by Gasteiger charge is 2.11. The molecular formula is C12H11Cl3N4O2. The van der Waals surface area contributed by atoms with Crippen molar-refractivity contribution in [3.05, 3.63) is 39.1 Å². The molecule has 0 aliphatic rings. The summed E-state index contributed by atoms with van der Waals surface area (Å²) in [6.07, 6.45) is 0. The highest BCUT2D eigenvalue weighted by molar-refractivity contribution is 6.43. The van der Waals surface area contributed by atoms with E-state index in [1.54, 1.807) is 0 Å². The van der Waals surface area contributed by atoms with Crippen LogP contribution in [0.5, 0.6) is 11.6 Å². The summed E-state index contributed by atoms with van der Waals surface area (Å²) in [5, 5.41) is 0.957. The molecule has 6 nitrogen and oxygen atoms in total. The molecule has 0 atom stereocenters. The van der Waals surface area contributed by atoms with Gasteiger partial charge >= 0.3 is 0 Å². The van der Waals surface area contributed by atoms with Gasteiger partial charge in [0.25, 0.3) is 0 Å². The number of hydrogen-bond donors (Lipinski definition) is 2. The van der Waals surface area contributed by atoms with Crippen LogP contribution >= 0.6 is 34.8 Å². The zero-order valence-corrected chi connectivity index (χ0v) is 13.1. The normalized spacial score (nSPS) is 10.5. The van der Waals surface area contributed by atoms with Crippen LogP contribution in [-0.2, 0) is 11.3 Å². The number of nitrogens with two attached hydrogens (primary N) is 1. The lowest BCUT2D eigenvalue weighted by Gasteiger charge is -2.10. The molecule has 0 saturated carbocycles. The summed E-state index contributed by atoms with van der Waals surface area (Å²) in [5.74, 6) is 6.69. The van der Waals surface area contributed by atoms with Crippen LogP contribution in [0.2, 0.25) is 15.1 Å². The van der Waals surface area contributed by atoms with Gasteiger partial charge in [0.15, 0.2) is 5.82 Å². The molecule has 0 spiro atoms. The van der Waals surface area contributed by atoms with Gasteiger partial charge in [0.1, 0.15) is 18.2 Å². The lowest BCUT2D eigenvalue weighted by atomic mass is 10.3. The molecule has 0 aliphatic carbocycles. The van der Waals surface area contributed by atoms with E-state index in [0.29, 0.717) is 32.5 Å². The summed E-state index contributed by atoms with van der Waals surface area (Å²) in [7, 11) is 1.53. The maximum atomic E-state index is 6.05.